The molecule has 2 unspecified atom stereocenters. The minimum Gasteiger partial charge on any atom is -0.481 e. The first-order valence-corrected chi connectivity index (χ1v) is 6.45. The molecule has 0 bridgehead atoms. The molecular formula is C13H23NO5. The average Bonchev–Trinajstić information content (AvgIpc) is 2.59. The number of nitrogens with zero attached hydrogens (tertiary/aromatic N) is 1. The first kappa shape index (κ1) is 15.8. The number of carbonyl (C=O) groups is 2. The number of carboxylic acid groups (broad SMARTS) is 1. The van der Waals surface area contributed by atoms with E-state index in [0.717, 1.165) is 0 Å². The van der Waals surface area contributed by atoms with Gasteiger partial charge in [0.05, 0.1) is 11.5 Å². The van der Waals surface area contributed by atoms with Crippen LogP contribution in [0.15, 0.2) is 0 Å². The fraction of sp³-hybridized carbons (Fsp3) is 0.846. The van der Waals surface area contributed by atoms with Crippen molar-refractivity contribution in [2.24, 2.45) is 5.41 Å². The van der Waals surface area contributed by atoms with Crippen molar-refractivity contribution in [3.05, 3.63) is 0 Å². The van der Waals surface area contributed by atoms with Crippen LogP contribution in [0.4, 0.5) is 4.79 Å². The maximum Gasteiger partial charge on any atom is 0.410 e. The fourth-order valence-electron chi connectivity index (χ4n) is 2.35. The summed E-state index contributed by atoms with van der Waals surface area (Å²) >= 11 is 0. The van der Waals surface area contributed by atoms with Crippen LogP contribution in [0.5, 0.6) is 0 Å². The van der Waals surface area contributed by atoms with Crippen LogP contribution in [0.3, 0.4) is 0 Å². The number of amides is 1. The summed E-state index contributed by atoms with van der Waals surface area (Å²) in [6, 6.07) is 0. The molecule has 2 atom stereocenters. The highest BCUT2D eigenvalue weighted by atomic mass is 16.6. The van der Waals surface area contributed by atoms with Crippen LogP contribution in [0, 0.1) is 5.41 Å². The number of aliphatic carboxylic acids is 1. The second-order valence-corrected chi connectivity index (χ2v) is 6.29. The Labute approximate surface area is 113 Å². The molecule has 1 aliphatic rings. The van der Waals surface area contributed by atoms with Gasteiger partial charge in [-0.25, -0.2) is 4.79 Å². The van der Waals surface area contributed by atoms with Gasteiger partial charge in [-0.3, -0.25) is 4.79 Å². The molecule has 1 rings (SSSR count). The number of aliphatic hydroxyl groups is 1. The van der Waals surface area contributed by atoms with Gasteiger partial charge in [-0.05, 0) is 40.5 Å². The SMILES string of the molecule is CC(O)CC1(C(=O)O)CCN(C(=O)OC(C)(C)C)C1. The highest BCUT2D eigenvalue weighted by molar-refractivity contribution is 5.78. The van der Waals surface area contributed by atoms with E-state index < -0.39 is 29.2 Å². The average molecular weight is 273 g/mol. The van der Waals surface area contributed by atoms with E-state index in [4.69, 9.17) is 4.74 Å². The number of aliphatic hydroxyl groups excluding tert-OH is 1. The zero-order valence-electron chi connectivity index (χ0n) is 12.0. The quantitative estimate of drug-likeness (QED) is 0.813. The summed E-state index contributed by atoms with van der Waals surface area (Å²) < 4.78 is 5.23. The molecule has 0 aromatic carbocycles. The first-order valence-electron chi connectivity index (χ1n) is 6.45. The van der Waals surface area contributed by atoms with E-state index in [9.17, 15) is 19.8 Å². The lowest BCUT2D eigenvalue weighted by Crippen LogP contribution is -2.40. The maximum atomic E-state index is 11.9. The highest BCUT2D eigenvalue weighted by Gasteiger charge is 2.47. The monoisotopic (exact) mass is 273 g/mol. The van der Waals surface area contributed by atoms with Crippen molar-refractivity contribution < 1.29 is 24.5 Å². The van der Waals surface area contributed by atoms with Gasteiger partial charge < -0.3 is 19.8 Å². The summed E-state index contributed by atoms with van der Waals surface area (Å²) in [6.45, 7) is 7.28. The highest BCUT2D eigenvalue weighted by Crippen LogP contribution is 2.36. The molecule has 0 aromatic rings. The van der Waals surface area contributed by atoms with E-state index in [1.807, 2.05) is 0 Å². The Morgan fingerprint density at radius 1 is 1.42 bits per heavy atom. The summed E-state index contributed by atoms with van der Waals surface area (Å²) in [4.78, 5) is 24.7. The lowest BCUT2D eigenvalue weighted by molar-refractivity contribution is -0.150. The molecule has 0 aliphatic carbocycles. The predicted molar refractivity (Wildman–Crippen MR) is 68.8 cm³/mol. The zero-order valence-corrected chi connectivity index (χ0v) is 12.0. The number of hydrogen-bond acceptors (Lipinski definition) is 4. The molecule has 6 nitrogen and oxygen atoms in total. The molecule has 0 saturated carbocycles. The van der Waals surface area contributed by atoms with Crippen LogP contribution in [-0.2, 0) is 9.53 Å². The second-order valence-electron chi connectivity index (χ2n) is 6.29. The number of ether oxygens (including phenoxy) is 1. The molecule has 1 fully saturated rings. The second kappa shape index (κ2) is 5.36. The van der Waals surface area contributed by atoms with Crippen LogP contribution in [-0.4, -0.2) is 52.0 Å². The van der Waals surface area contributed by atoms with Crippen molar-refractivity contribution in [3.63, 3.8) is 0 Å². The minimum absolute atomic E-state index is 0.0855. The van der Waals surface area contributed by atoms with Crippen molar-refractivity contribution in [1.82, 2.24) is 4.90 Å². The van der Waals surface area contributed by atoms with E-state index in [1.165, 1.54) is 4.90 Å². The topological polar surface area (TPSA) is 87.1 Å². The van der Waals surface area contributed by atoms with Gasteiger partial charge >= 0.3 is 12.1 Å². The third kappa shape index (κ3) is 4.09. The van der Waals surface area contributed by atoms with Gasteiger partial charge in [0.25, 0.3) is 0 Å². The van der Waals surface area contributed by atoms with Crippen molar-refractivity contribution in [2.75, 3.05) is 13.1 Å². The number of hydrogen-bond donors (Lipinski definition) is 2. The van der Waals surface area contributed by atoms with Crippen LogP contribution >= 0.6 is 0 Å². The van der Waals surface area contributed by atoms with Gasteiger partial charge in [-0.15, -0.1) is 0 Å². The third-order valence-corrected chi connectivity index (χ3v) is 3.15. The Hall–Kier alpha value is -1.30. The molecule has 0 spiro atoms. The molecule has 19 heavy (non-hydrogen) atoms. The van der Waals surface area contributed by atoms with Crippen molar-refractivity contribution in [3.8, 4) is 0 Å². The number of carbonyl (C=O) groups excluding carboxylic acids is 1. The standard InChI is InChI=1S/C13H23NO5/c1-9(15)7-13(10(16)17)5-6-14(8-13)11(18)19-12(2,3)4/h9,15H,5-8H2,1-4H3,(H,16,17). The molecule has 1 saturated heterocycles. The summed E-state index contributed by atoms with van der Waals surface area (Å²) in [7, 11) is 0. The summed E-state index contributed by atoms with van der Waals surface area (Å²) in [5.41, 5.74) is -1.67. The molecule has 110 valence electrons. The lowest BCUT2D eigenvalue weighted by atomic mass is 9.82. The minimum atomic E-state index is -1.06. The Kier molecular flexibility index (Phi) is 4.45. The van der Waals surface area contributed by atoms with Crippen molar-refractivity contribution in [1.29, 1.82) is 0 Å². The smallest absolute Gasteiger partial charge is 0.410 e. The Bertz CT molecular complexity index is 361. The van der Waals surface area contributed by atoms with Crippen LogP contribution in [0.1, 0.15) is 40.5 Å². The largest absolute Gasteiger partial charge is 0.481 e. The Balaban J connectivity index is 2.74. The predicted octanol–water partition coefficient (Wildman–Crippen LogP) is 1.47. The van der Waals surface area contributed by atoms with Crippen LogP contribution in [0.25, 0.3) is 0 Å². The van der Waals surface area contributed by atoms with Gasteiger partial charge in [0.2, 0.25) is 0 Å². The van der Waals surface area contributed by atoms with Crippen LogP contribution in [0.2, 0.25) is 0 Å². The van der Waals surface area contributed by atoms with Gasteiger partial charge in [-0.1, -0.05) is 0 Å². The maximum absolute atomic E-state index is 11.9. The lowest BCUT2D eigenvalue weighted by Gasteiger charge is -2.27. The van der Waals surface area contributed by atoms with Crippen molar-refractivity contribution in [2.45, 2.75) is 52.2 Å². The molecule has 1 amide bonds. The van der Waals surface area contributed by atoms with Crippen LogP contribution < -0.4 is 0 Å². The molecule has 1 heterocycles. The molecule has 6 heteroatoms. The van der Waals surface area contributed by atoms with Gasteiger partial charge in [0, 0.05) is 13.1 Å². The molecule has 2 N–H and O–H groups in total. The Morgan fingerprint density at radius 2 is 2.00 bits per heavy atom. The number of carboxylic acids is 1. The van der Waals surface area contributed by atoms with E-state index in [2.05, 4.69) is 0 Å². The normalized spacial score (nSPS) is 25.2. The first-order chi connectivity index (χ1) is 8.56. The number of rotatable bonds is 3. The van der Waals surface area contributed by atoms with E-state index in [-0.39, 0.29) is 13.0 Å². The number of likely N-dealkylation sites (tertiary alicyclic amines) is 1. The molecule has 1 aliphatic heterocycles. The molecular weight excluding hydrogens is 250 g/mol. The zero-order chi connectivity index (χ0) is 14.8. The molecule has 0 aromatic heterocycles. The summed E-state index contributed by atoms with van der Waals surface area (Å²) in [5, 5.41) is 18.8. The third-order valence-electron chi connectivity index (χ3n) is 3.15. The van der Waals surface area contributed by atoms with E-state index in [1.54, 1.807) is 27.7 Å². The summed E-state index contributed by atoms with van der Waals surface area (Å²) in [5.74, 6) is -0.973. The van der Waals surface area contributed by atoms with Gasteiger partial charge in [-0.2, -0.15) is 0 Å². The van der Waals surface area contributed by atoms with E-state index in [0.29, 0.717) is 13.0 Å². The van der Waals surface area contributed by atoms with Gasteiger partial charge in [0.1, 0.15) is 5.60 Å². The fourth-order valence-corrected chi connectivity index (χ4v) is 2.35. The Morgan fingerprint density at radius 3 is 2.42 bits per heavy atom. The van der Waals surface area contributed by atoms with E-state index >= 15 is 0 Å². The molecule has 0 radical (unpaired) electrons. The van der Waals surface area contributed by atoms with Crippen molar-refractivity contribution >= 4 is 12.1 Å². The summed E-state index contributed by atoms with van der Waals surface area (Å²) in [6.07, 6.45) is -0.732. The van der Waals surface area contributed by atoms with Gasteiger partial charge in [0.15, 0.2) is 0 Å².